The van der Waals surface area contributed by atoms with Gasteiger partial charge in [0.15, 0.2) is 5.82 Å². The number of nitrogens with one attached hydrogen (secondary N) is 1. The molecular formula is C24H29ClN4S. The minimum Gasteiger partial charge on any atom is -0.369 e. The zero-order chi connectivity index (χ0) is 21.3. The Bertz CT molecular complexity index is 984. The third kappa shape index (κ3) is 6.21. The first-order valence-corrected chi connectivity index (χ1v) is 12.0. The summed E-state index contributed by atoms with van der Waals surface area (Å²) in [6.45, 7) is 8.48. The van der Waals surface area contributed by atoms with Gasteiger partial charge in [-0.3, -0.25) is 0 Å². The molecule has 6 heteroatoms. The van der Waals surface area contributed by atoms with Crippen LogP contribution >= 0.6 is 23.4 Å². The van der Waals surface area contributed by atoms with Gasteiger partial charge in [-0.25, -0.2) is 9.97 Å². The quantitative estimate of drug-likeness (QED) is 0.295. The van der Waals surface area contributed by atoms with Crippen LogP contribution < -0.4 is 5.32 Å². The second-order valence-corrected chi connectivity index (χ2v) is 8.32. The van der Waals surface area contributed by atoms with Crippen LogP contribution in [-0.4, -0.2) is 47.3 Å². The van der Waals surface area contributed by atoms with Gasteiger partial charge in [0.2, 0.25) is 0 Å². The summed E-state index contributed by atoms with van der Waals surface area (Å²) in [5.74, 6) is 1.52. The molecule has 1 aromatic heterocycles. The van der Waals surface area contributed by atoms with Gasteiger partial charge in [0.25, 0.3) is 0 Å². The molecular weight excluding hydrogens is 412 g/mol. The first kappa shape index (κ1) is 22.6. The average molecular weight is 441 g/mol. The smallest absolute Gasteiger partial charge is 0.154 e. The van der Waals surface area contributed by atoms with Crippen LogP contribution in [0.1, 0.15) is 31.7 Å². The largest absolute Gasteiger partial charge is 0.369 e. The van der Waals surface area contributed by atoms with Gasteiger partial charge in [-0.1, -0.05) is 43.7 Å². The van der Waals surface area contributed by atoms with Crippen molar-refractivity contribution in [2.24, 2.45) is 0 Å². The zero-order valence-corrected chi connectivity index (χ0v) is 19.4. The number of aromatic nitrogens is 2. The van der Waals surface area contributed by atoms with E-state index in [2.05, 4.69) is 54.6 Å². The van der Waals surface area contributed by atoms with E-state index in [1.165, 1.54) is 4.90 Å². The monoisotopic (exact) mass is 440 g/mol. The number of hydrogen-bond donors (Lipinski definition) is 1. The van der Waals surface area contributed by atoms with Crippen molar-refractivity contribution in [1.29, 1.82) is 0 Å². The van der Waals surface area contributed by atoms with Crippen molar-refractivity contribution in [3.05, 3.63) is 58.9 Å². The standard InChI is InChI=1S/C24H29ClN4S/c1-4-29(5-2)16-6-15-26-24-21-17-19(25)10-13-22(21)27-23(28-24)14-9-18-7-11-20(30-3)12-8-18/h7-14,17H,4-6,15-16H2,1-3H3,(H,26,27,28)/b14-9+. The van der Waals surface area contributed by atoms with Gasteiger partial charge in [0.05, 0.1) is 5.52 Å². The van der Waals surface area contributed by atoms with Gasteiger partial charge in [-0.05, 0) is 74.3 Å². The summed E-state index contributed by atoms with van der Waals surface area (Å²) in [6, 6.07) is 14.2. The normalized spacial score (nSPS) is 11.6. The summed E-state index contributed by atoms with van der Waals surface area (Å²) in [5, 5.41) is 5.14. The lowest BCUT2D eigenvalue weighted by Gasteiger charge is -2.18. The number of fused-ring (bicyclic) bond motifs is 1. The van der Waals surface area contributed by atoms with Gasteiger partial charge in [0, 0.05) is 21.8 Å². The highest BCUT2D eigenvalue weighted by atomic mass is 35.5. The summed E-state index contributed by atoms with van der Waals surface area (Å²) < 4.78 is 0. The molecule has 0 amide bonds. The Morgan fingerprint density at radius 3 is 2.50 bits per heavy atom. The summed E-state index contributed by atoms with van der Waals surface area (Å²) in [4.78, 5) is 13.1. The molecule has 1 heterocycles. The van der Waals surface area contributed by atoms with Crippen LogP contribution in [0.5, 0.6) is 0 Å². The van der Waals surface area contributed by atoms with E-state index in [9.17, 15) is 0 Å². The predicted octanol–water partition coefficient (Wildman–Crippen LogP) is 6.32. The Morgan fingerprint density at radius 2 is 1.80 bits per heavy atom. The summed E-state index contributed by atoms with van der Waals surface area (Å²) in [5.41, 5.74) is 2.01. The maximum atomic E-state index is 6.23. The maximum absolute atomic E-state index is 6.23. The Hall–Kier alpha value is -2.08. The molecule has 0 bridgehead atoms. The number of nitrogens with zero attached hydrogens (tertiary/aromatic N) is 3. The van der Waals surface area contributed by atoms with E-state index in [0.717, 1.165) is 54.9 Å². The molecule has 0 unspecified atom stereocenters. The van der Waals surface area contributed by atoms with Crippen LogP contribution in [0.15, 0.2) is 47.4 Å². The van der Waals surface area contributed by atoms with Gasteiger partial charge in [-0.2, -0.15) is 0 Å². The predicted molar refractivity (Wildman–Crippen MR) is 133 cm³/mol. The Morgan fingerprint density at radius 1 is 1.03 bits per heavy atom. The molecule has 2 aromatic carbocycles. The van der Waals surface area contributed by atoms with E-state index in [1.54, 1.807) is 11.8 Å². The van der Waals surface area contributed by atoms with Gasteiger partial charge >= 0.3 is 0 Å². The molecule has 3 aromatic rings. The fraction of sp³-hybridized carbons (Fsp3) is 0.333. The van der Waals surface area contributed by atoms with Crippen molar-refractivity contribution < 1.29 is 0 Å². The molecule has 3 rings (SSSR count). The molecule has 0 aliphatic rings. The first-order valence-electron chi connectivity index (χ1n) is 10.4. The Kier molecular flexibility index (Phi) is 8.55. The zero-order valence-electron chi connectivity index (χ0n) is 17.9. The molecule has 30 heavy (non-hydrogen) atoms. The molecule has 0 aliphatic carbocycles. The van der Waals surface area contributed by atoms with Gasteiger partial charge in [0.1, 0.15) is 5.82 Å². The second-order valence-electron chi connectivity index (χ2n) is 7.01. The molecule has 0 saturated heterocycles. The molecule has 0 atom stereocenters. The van der Waals surface area contributed by atoms with Crippen LogP contribution in [0.2, 0.25) is 5.02 Å². The maximum Gasteiger partial charge on any atom is 0.154 e. The van der Waals surface area contributed by atoms with Gasteiger partial charge < -0.3 is 10.2 Å². The highest BCUT2D eigenvalue weighted by Crippen LogP contribution is 2.25. The summed E-state index contributed by atoms with van der Waals surface area (Å²) in [6.07, 6.45) is 7.14. The van der Waals surface area contributed by atoms with Crippen molar-refractivity contribution in [3.63, 3.8) is 0 Å². The average Bonchev–Trinajstić information content (AvgIpc) is 2.78. The lowest BCUT2D eigenvalue weighted by molar-refractivity contribution is 0.303. The van der Waals surface area contributed by atoms with Crippen LogP contribution in [0.25, 0.3) is 23.1 Å². The first-order chi connectivity index (χ1) is 14.6. The SMILES string of the molecule is CCN(CC)CCCNc1nc(/C=C/c2ccc(SC)cc2)nc2ccc(Cl)cc12. The van der Waals surface area contributed by atoms with E-state index >= 15 is 0 Å². The fourth-order valence-corrected chi connectivity index (χ4v) is 3.84. The number of hydrogen-bond acceptors (Lipinski definition) is 5. The van der Waals surface area contributed by atoms with Crippen molar-refractivity contribution in [2.45, 2.75) is 25.2 Å². The third-order valence-corrected chi connectivity index (χ3v) is 6.03. The lowest BCUT2D eigenvalue weighted by Crippen LogP contribution is -2.25. The van der Waals surface area contributed by atoms with E-state index in [0.29, 0.717) is 10.8 Å². The Balaban J connectivity index is 1.79. The molecule has 0 radical (unpaired) electrons. The van der Waals surface area contributed by atoms with Crippen molar-refractivity contribution in [2.75, 3.05) is 37.8 Å². The summed E-state index contributed by atoms with van der Waals surface area (Å²) in [7, 11) is 0. The highest BCUT2D eigenvalue weighted by Gasteiger charge is 2.08. The van der Waals surface area contributed by atoms with Crippen molar-refractivity contribution in [1.82, 2.24) is 14.9 Å². The molecule has 0 spiro atoms. The van der Waals surface area contributed by atoms with Crippen LogP contribution in [-0.2, 0) is 0 Å². The number of benzene rings is 2. The lowest BCUT2D eigenvalue weighted by atomic mass is 10.2. The van der Waals surface area contributed by atoms with E-state index < -0.39 is 0 Å². The molecule has 158 valence electrons. The minimum atomic E-state index is 0.685. The molecule has 0 aliphatic heterocycles. The fourth-order valence-electron chi connectivity index (χ4n) is 3.26. The van der Waals surface area contributed by atoms with E-state index in [4.69, 9.17) is 21.6 Å². The highest BCUT2D eigenvalue weighted by molar-refractivity contribution is 7.98. The Labute approximate surface area is 188 Å². The third-order valence-electron chi connectivity index (χ3n) is 5.05. The van der Waals surface area contributed by atoms with Crippen LogP contribution in [0.3, 0.4) is 0 Å². The molecule has 0 fully saturated rings. The van der Waals surface area contributed by atoms with E-state index in [-0.39, 0.29) is 0 Å². The summed E-state index contributed by atoms with van der Waals surface area (Å²) >= 11 is 7.97. The number of thioether (sulfide) groups is 1. The second kappa shape index (κ2) is 11.3. The van der Waals surface area contributed by atoms with Crippen molar-refractivity contribution >= 4 is 52.2 Å². The van der Waals surface area contributed by atoms with Crippen LogP contribution in [0.4, 0.5) is 5.82 Å². The number of halogens is 1. The number of anilines is 1. The number of rotatable bonds is 10. The van der Waals surface area contributed by atoms with Crippen LogP contribution in [0, 0.1) is 0 Å². The molecule has 1 N–H and O–H groups in total. The molecule has 4 nitrogen and oxygen atoms in total. The van der Waals surface area contributed by atoms with Gasteiger partial charge in [-0.15, -0.1) is 11.8 Å². The van der Waals surface area contributed by atoms with Crippen molar-refractivity contribution in [3.8, 4) is 0 Å². The topological polar surface area (TPSA) is 41.0 Å². The minimum absolute atomic E-state index is 0.685. The molecule has 0 saturated carbocycles. The van der Waals surface area contributed by atoms with E-state index in [1.807, 2.05) is 30.4 Å².